The minimum Gasteiger partial charge on any atom is -0.478 e. The fraction of sp³-hybridized carbons (Fsp3) is 0.353. The summed E-state index contributed by atoms with van der Waals surface area (Å²) < 4.78 is 0.613. The summed E-state index contributed by atoms with van der Waals surface area (Å²) in [6.45, 7) is 0. The summed E-state index contributed by atoms with van der Waals surface area (Å²) in [7, 11) is 0. The maximum absolute atomic E-state index is 12.7. The number of carboxylic acid groups (broad SMARTS) is 1. The van der Waals surface area contributed by atoms with Gasteiger partial charge in [0.25, 0.3) is 5.91 Å². The van der Waals surface area contributed by atoms with Gasteiger partial charge in [-0.05, 0) is 36.6 Å². The number of rotatable bonds is 3. The smallest absolute Gasteiger partial charge is 0.335 e. The summed E-state index contributed by atoms with van der Waals surface area (Å²) in [5, 5.41) is 9.05. The number of thioether (sulfide) groups is 1. The van der Waals surface area contributed by atoms with E-state index in [9.17, 15) is 9.59 Å². The molecule has 1 aliphatic heterocycles. The lowest BCUT2D eigenvalue weighted by atomic mass is 9.94. The maximum atomic E-state index is 12.7. The number of hydrogen-bond acceptors (Lipinski definition) is 4. The lowest BCUT2D eigenvalue weighted by molar-refractivity contribution is -0.124. The molecule has 1 aliphatic carbocycles. The lowest BCUT2D eigenvalue weighted by Gasteiger charge is -2.29. The van der Waals surface area contributed by atoms with E-state index in [0.29, 0.717) is 14.8 Å². The van der Waals surface area contributed by atoms with Crippen LogP contribution in [-0.4, -0.2) is 32.2 Å². The van der Waals surface area contributed by atoms with E-state index in [4.69, 9.17) is 17.3 Å². The Balaban J connectivity index is 1.83. The number of nitrogens with zero attached hydrogens (tertiary/aromatic N) is 1. The summed E-state index contributed by atoms with van der Waals surface area (Å²) >= 11 is 6.70. The third-order valence-corrected chi connectivity index (χ3v) is 5.53. The largest absolute Gasteiger partial charge is 0.478 e. The van der Waals surface area contributed by atoms with Crippen LogP contribution in [0.1, 0.15) is 48.0 Å². The first-order valence-electron chi connectivity index (χ1n) is 7.66. The van der Waals surface area contributed by atoms with E-state index >= 15 is 0 Å². The van der Waals surface area contributed by atoms with Gasteiger partial charge in [0.15, 0.2) is 0 Å². The van der Waals surface area contributed by atoms with Gasteiger partial charge in [0, 0.05) is 6.04 Å². The van der Waals surface area contributed by atoms with Gasteiger partial charge in [0.1, 0.15) is 4.32 Å². The maximum Gasteiger partial charge on any atom is 0.335 e. The highest BCUT2D eigenvalue weighted by Crippen LogP contribution is 2.37. The predicted molar refractivity (Wildman–Crippen MR) is 95.3 cm³/mol. The second kappa shape index (κ2) is 6.84. The number of amides is 1. The first-order valence-corrected chi connectivity index (χ1v) is 8.89. The molecule has 1 saturated heterocycles. The molecule has 6 heteroatoms. The van der Waals surface area contributed by atoms with Crippen LogP contribution in [0.25, 0.3) is 6.08 Å². The Labute approximate surface area is 144 Å². The first kappa shape index (κ1) is 16.2. The van der Waals surface area contributed by atoms with Crippen molar-refractivity contribution in [2.45, 2.75) is 38.1 Å². The summed E-state index contributed by atoms with van der Waals surface area (Å²) in [5.41, 5.74) is 0.913. The molecule has 0 atom stereocenters. The van der Waals surface area contributed by atoms with Crippen LogP contribution in [0.4, 0.5) is 0 Å². The molecule has 1 aromatic carbocycles. The van der Waals surface area contributed by atoms with Crippen LogP contribution in [0.3, 0.4) is 0 Å². The van der Waals surface area contributed by atoms with Crippen LogP contribution in [0.5, 0.6) is 0 Å². The Hall–Kier alpha value is -1.66. The van der Waals surface area contributed by atoms with Gasteiger partial charge in [-0.1, -0.05) is 55.4 Å². The fourth-order valence-electron chi connectivity index (χ4n) is 3.05. The van der Waals surface area contributed by atoms with Crippen molar-refractivity contribution in [2.24, 2.45) is 0 Å². The van der Waals surface area contributed by atoms with E-state index in [0.717, 1.165) is 25.7 Å². The molecule has 4 nitrogen and oxygen atoms in total. The van der Waals surface area contributed by atoms with Crippen molar-refractivity contribution >= 4 is 46.3 Å². The van der Waals surface area contributed by atoms with E-state index in [1.54, 1.807) is 29.2 Å². The first-order chi connectivity index (χ1) is 11.1. The molecule has 120 valence electrons. The lowest BCUT2D eigenvalue weighted by Crippen LogP contribution is -2.39. The molecule has 23 heavy (non-hydrogen) atoms. The Morgan fingerprint density at radius 2 is 2.04 bits per heavy atom. The topological polar surface area (TPSA) is 57.6 Å². The predicted octanol–water partition coefficient (Wildman–Crippen LogP) is 3.92. The van der Waals surface area contributed by atoms with E-state index < -0.39 is 5.97 Å². The zero-order valence-electron chi connectivity index (χ0n) is 12.5. The molecule has 3 rings (SSSR count). The highest BCUT2D eigenvalue weighted by atomic mass is 32.2. The van der Waals surface area contributed by atoms with Crippen LogP contribution in [0, 0.1) is 0 Å². The van der Waals surface area contributed by atoms with Gasteiger partial charge in [-0.15, -0.1) is 0 Å². The molecule has 0 radical (unpaired) electrons. The molecular weight excluding hydrogens is 330 g/mol. The molecule has 0 spiro atoms. The summed E-state index contributed by atoms with van der Waals surface area (Å²) in [6, 6.07) is 6.78. The Morgan fingerprint density at radius 3 is 2.74 bits per heavy atom. The molecule has 1 heterocycles. The molecule has 1 aromatic rings. The van der Waals surface area contributed by atoms with Crippen LogP contribution >= 0.6 is 24.0 Å². The SMILES string of the molecule is O=C(O)c1cccc(C=C2SC(=S)N(C3CCCCC3)C2=O)c1. The van der Waals surface area contributed by atoms with Gasteiger partial charge in [0.2, 0.25) is 0 Å². The van der Waals surface area contributed by atoms with E-state index in [1.165, 1.54) is 24.2 Å². The number of carbonyl (C=O) groups is 2. The molecule has 2 fully saturated rings. The van der Waals surface area contributed by atoms with Crippen LogP contribution in [0.15, 0.2) is 29.2 Å². The minimum atomic E-state index is -0.977. The number of hydrogen-bond donors (Lipinski definition) is 1. The van der Waals surface area contributed by atoms with E-state index in [2.05, 4.69) is 0 Å². The number of carboxylic acids is 1. The molecule has 0 aromatic heterocycles. The number of benzene rings is 1. The zero-order chi connectivity index (χ0) is 16.4. The second-order valence-corrected chi connectivity index (χ2v) is 7.45. The number of carbonyl (C=O) groups excluding carboxylic acids is 1. The molecule has 0 unspecified atom stereocenters. The van der Waals surface area contributed by atoms with Crippen molar-refractivity contribution in [3.63, 3.8) is 0 Å². The van der Waals surface area contributed by atoms with Gasteiger partial charge in [0.05, 0.1) is 10.5 Å². The monoisotopic (exact) mass is 347 g/mol. The Bertz CT molecular complexity index is 693. The van der Waals surface area contributed by atoms with Crippen molar-refractivity contribution < 1.29 is 14.7 Å². The number of thiocarbonyl (C=S) groups is 1. The summed E-state index contributed by atoms with van der Waals surface area (Å²) in [5.74, 6) is -1.03. The van der Waals surface area contributed by atoms with Gasteiger partial charge < -0.3 is 5.11 Å². The molecule has 0 bridgehead atoms. The molecular formula is C17H17NO3S2. The molecule has 2 aliphatic rings. The van der Waals surface area contributed by atoms with E-state index in [-0.39, 0.29) is 17.5 Å². The molecule has 1 N–H and O–H groups in total. The second-order valence-electron chi connectivity index (χ2n) is 5.77. The van der Waals surface area contributed by atoms with Crippen molar-refractivity contribution in [3.8, 4) is 0 Å². The summed E-state index contributed by atoms with van der Waals surface area (Å²) in [6.07, 6.45) is 7.25. The fourth-order valence-corrected chi connectivity index (χ4v) is 4.45. The number of aromatic carboxylic acids is 1. The third-order valence-electron chi connectivity index (χ3n) is 4.19. The van der Waals surface area contributed by atoms with Gasteiger partial charge in [-0.25, -0.2) is 4.79 Å². The van der Waals surface area contributed by atoms with Crippen molar-refractivity contribution in [1.29, 1.82) is 0 Å². The van der Waals surface area contributed by atoms with Gasteiger partial charge in [-0.3, -0.25) is 9.69 Å². The van der Waals surface area contributed by atoms with Crippen molar-refractivity contribution in [3.05, 3.63) is 40.3 Å². The van der Waals surface area contributed by atoms with Crippen LogP contribution in [-0.2, 0) is 4.79 Å². The zero-order valence-corrected chi connectivity index (χ0v) is 14.2. The van der Waals surface area contributed by atoms with Crippen molar-refractivity contribution in [2.75, 3.05) is 0 Å². The van der Waals surface area contributed by atoms with Crippen molar-refractivity contribution in [1.82, 2.24) is 4.90 Å². The van der Waals surface area contributed by atoms with Crippen LogP contribution in [0.2, 0.25) is 0 Å². The quantitative estimate of drug-likeness (QED) is 0.663. The Kier molecular flexibility index (Phi) is 4.82. The average molecular weight is 347 g/mol. The van der Waals surface area contributed by atoms with Gasteiger partial charge in [-0.2, -0.15) is 0 Å². The van der Waals surface area contributed by atoms with Crippen LogP contribution < -0.4 is 0 Å². The molecule has 1 amide bonds. The van der Waals surface area contributed by atoms with Gasteiger partial charge >= 0.3 is 5.97 Å². The van der Waals surface area contributed by atoms with E-state index in [1.807, 2.05) is 0 Å². The minimum absolute atomic E-state index is 0.0485. The Morgan fingerprint density at radius 1 is 1.30 bits per heavy atom. The third kappa shape index (κ3) is 3.48. The summed E-state index contributed by atoms with van der Waals surface area (Å²) in [4.78, 5) is 26.0. The molecule has 1 saturated carbocycles. The highest BCUT2D eigenvalue weighted by molar-refractivity contribution is 8.26. The standard InChI is InChI=1S/C17H17NO3S2/c19-15-14(10-11-5-4-6-12(9-11)16(20)21)23-17(22)18(15)13-7-2-1-3-8-13/h4-6,9-10,13H,1-3,7-8H2,(H,20,21). The normalized spacial score (nSPS) is 21.2. The average Bonchev–Trinajstić information content (AvgIpc) is 2.82. The highest BCUT2D eigenvalue weighted by Gasteiger charge is 2.37.